The molecule has 1 aliphatic carbocycles. The minimum Gasteiger partial charge on any atom is -0.478 e. The van der Waals surface area contributed by atoms with E-state index in [-0.39, 0.29) is 22.6 Å². The molecule has 3 aromatic carbocycles. The van der Waals surface area contributed by atoms with Gasteiger partial charge in [-0.1, -0.05) is 48.2 Å². The molecule has 344 valence electrons. The molecule has 0 atom stereocenters. The molecule has 0 aromatic heterocycles. The largest absolute Gasteiger partial charge is 0.478 e. The number of benzene rings is 3. The van der Waals surface area contributed by atoms with E-state index in [4.69, 9.17) is 14.8 Å². The van der Waals surface area contributed by atoms with E-state index in [1.807, 2.05) is 62.4 Å². The van der Waals surface area contributed by atoms with Gasteiger partial charge in [-0.05, 0) is 122 Å². The zero-order chi connectivity index (χ0) is 46.5. The van der Waals surface area contributed by atoms with Crippen LogP contribution in [0.25, 0.3) is 5.57 Å². The number of aromatic carboxylic acids is 1. The molecule has 20 heteroatoms. The van der Waals surface area contributed by atoms with Gasteiger partial charge in [-0.2, -0.15) is 21.4 Å². The Morgan fingerprint density at radius 1 is 0.844 bits per heavy atom. The number of carboxylic acid groups (broad SMARTS) is 1. The molecular weight excluding hydrogens is 909 g/mol. The van der Waals surface area contributed by atoms with Crippen LogP contribution in [0.2, 0.25) is 0 Å². The summed E-state index contributed by atoms with van der Waals surface area (Å²) in [7, 11) is -8.62. The van der Waals surface area contributed by atoms with Crippen molar-refractivity contribution in [2.75, 3.05) is 29.5 Å². The third-order valence-corrected chi connectivity index (χ3v) is 14.6. The first-order valence-corrected chi connectivity index (χ1v) is 25.0. The van der Waals surface area contributed by atoms with E-state index < -0.39 is 37.0 Å². The zero-order valence-corrected chi connectivity index (χ0v) is 38.9. The van der Waals surface area contributed by atoms with Crippen LogP contribution < -0.4 is 4.90 Å². The van der Waals surface area contributed by atoms with Crippen LogP contribution in [0.5, 0.6) is 0 Å². The fourth-order valence-corrected chi connectivity index (χ4v) is 10.6. The first-order chi connectivity index (χ1) is 30.3. The monoisotopic (exact) mass is 959 g/mol. The van der Waals surface area contributed by atoms with Crippen LogP contribution in [-0.4, -0.2) is 82.4 Å². The van der Waals surface area contributed by atoms with E-state index in [1.165, 1.54) is 12.1 Å². The van der Waals surface area contributed by atoms with E-state index in [2.05, 4.69) is 37.7 Å². The smallest absolute Gasteiger partial charge is 0.335 e. The second-order valence-electron chi connectivity index (χ2n) is 16.5. The number of hydrogen-bond acceptors (Lipinski definition) is 14. The van der Waals surface area contributed by atoms with Crippen LogP contribution in [-0.2, 0) is 49.8 Å². The number of anilines is 1. The maximum atomic E-state index is 12.2. The van der Waals surface area contributed by atoms with Crippen molar-refractivity contribution in [1.29, 1.82) is 0 Å². The Morgan fingerprint density at radius 3 is 2.31 bits per heavy atom. The zero-order valence-electron chi connectivity index (χ0n) is 35.6. The van der Waals surface area contributed by atoms with Crippen molar-refractivity contribution >= 4 is 73.0 Å². The maximum Gasteiger partial charge on any atom is 0.335 e. The highest BCUT2D eigenvalue weighted by Gasteiger charge is 2.45. The highest BCUT2D eigenvalue weighted by molar-refractivity contribution is 7.94. The molecule has 0 saturated carbocycles. The molecule has 0 radical (unpaired) electrons. The van der Waals surface area contributed by atoms with Crippen molar-refractivity contribution in [3.8, 4) is 0 Å². The third kappa shape index (κ3) is 11.3. The minimum absolute atomic E-state index is 0.127. The third-order valence-electron chi connectivity index (χ3n) is 11.7. The summed E-state index contributed by atoms with van der Waals surface area (Å²) in [5, 5.41) is 34.8. The Balaban J connectivity index is 1.45. The van der Waals surface area contributed by atoms with Crippen LogP contribution >= 0.6 is 24.1 Å². The van der Waals surface area contributed by atoms with Crippen molar-refractivity contribution in [2.24, 2.45) is 0 Å². The van der Waals surface area contributed by atoms with Gasteiger partial charge in [0.25, 0.3) is 20.2 Å². The van der Waals surface area contributed by atoms with E-state index in [0.29, 0.717) is 61.4 Å². The second-order valence-corrected chi connectivity index (χ2v) is 21.1. The summed E-state index contributed by atoms with van der Waals surface area (Å²) in [5.41, 5.74) is 7.50. The number of carboxylic acids is 1. The van der Waals surface area contributed by atoms with Crippen molar-refractivity contribution in [3.05, 3.63) is 124 Å². The summed E-state index contributed by atoms with van der Waals surface area (Å²) >= 11 is 1.81. The summed E-state index contributed by atoms with van der Waals surface area (Å²) in [6, 6.07) is 17.0. The molecular formula is C44H51N2O14S4+. The van der Waals surface area contributed by atoms with Gasteiger partial charge in [0.1, 0.15) is 6.54 Å². The van der Waals surface area contributed by atoms with Crippen LogP contribution in [0.3, 0.4) is 0 Å². The molecule has 0 fully saturated rings. The molecule has 0 spiro atoms. The maximum absolute atomic E-state index is 12.2. The quantitative estimate of drug-likeness (QED) is 0.0167. The van der Waals surface area contributed by atoms with Gasteiger partial charge in [-0.25, -0.2) is 15.3 Å². The number of allylic oxidation sites excluding steroid dienone is 8. The first kappa shape index (κ1) is 49.3. The van der Waals surface area contributed by atoms with Gasteiger partial charge >= 0.3 is 5.97 Å². The summed E-state index contributed by atoms with van der Waals surface area (Å²) in [5.74, 6) is -0.891. The number of carbonyl (C=O) groups is 1. The van der Waals surface area contributed by atoms with E-state index in [0.717, 1.165) is 74.7 Å². The first-order valence-electron chi connectivity index (χ1n) is 20.3. The van der Waals surface area contributed by atoms with Crippen LogP contribution in [0.4, 0.5) is 11.4 Å². The average molecular weight is 960 g/mol. The molecule has 16 nitrogen and oxygen atoms in total. The second kappa shape index (κ2) is 20.6. The fraction of sp³-hybridized carbons (Fsp3) is 0.364. The molecule has 0 unspecified atom stereocenters. The lowest BCUT2D eigenvalue weighted by atomic mass is 9.81. The van der Waals surface area contributed by atoms with Gasteiger partial charge < -0.3 is 10.0 Å². The van der Waals surface area contributed by atoms with Crippen LogP contribution in [0, 0.1) is 0 Å². The number of unbranched alkanes of at least 4 members (excludes halogenated alkanes) is 2. The molecule has 2 aliphatic heterocycles. The SMILES string of the molecule is CC1(C)C(/C=C/C2=C(c3cccc(C(=O)O)c3)C(=C/C=C3/N(CCCCSOOO)c4ccc(S(=O)(=O)O)cc4C3(C)C)/CC2)=[N+](CCCCS(=O)(=O)O)c2ccc(SOOO)cc21. The molecule has 3 aromatic rings. The number of rotatable bonds is 21. The fourth-order valence-electron chi connectivity index (χ4n) is 8.70. The Bertz CT molecular complexity index is 2650. The van der Waals surface area contributed by atoms with Gasteiger partial charge in [-0.3, -0.25) is 9.11 Å². The summed E-state index contributed by atoms with van der Waals surface area (Å²) in [6.45, 7) is 9.13. The summed E-state index contributed by atoms with van der Waals surface area (Å²) in [4.78, 5) is 14.8. The van der Waals surface area contributed by atoms with E-state index >= 15 is 0 Å². The topological polar surface area (TPSA) is 230 Å². The lowest BCUT2D eigenvalue weighted by Crippen LogP contribution is -2.28. The van der Waals surface area contributed by atoms with Crippen molar-refractivity contribution in [2.45, 2.75) is 86.8 Å². The predicted octanol–water partition coefficient (Wildman–Crippen LogP) is 9.37. The molecule has 6 rings (SSSR count). The van der Waals surface area contributed by atoms with Crippen molar-refractivity contribution < 1.29 is 69.7 Å². The normalized spacial score (nSPS) is 18.3. The molecule has 2 heterocycles. The summed E-state index contributed by atoms with van der Waals surface area (Å²) in [6.07, 6.45) is 11.5. The molecule has 3 aliphatic rings. The standard InChI is InChI=1S/C44H50N2O14S4/c1-43(2)35-27-33(62-60-58-50)16-18-37(35)46(23-6-8-25-63(51,52)53)39(43)20-14-29-12-13-30(41(29)31-10-9-11-32(26-31)42(47)48)15-21-40-44(3,4)36-28-34(64(54,55)56)17-19-38(36)45(40)22-5-7-24-61-59-57-49/h9-11,14-21,26-28H,5-8,12-13,22-25H2,1-4H3,(H4-,47,48,49,50,51,52,53,54,55,56)/p+1. The number of hydrogen-bond donors (Lipinski definition) is 5. The minimum atomic E-state index is -4.48. The van der Waals surface area contributed by atoms with Gasteiger partial charge in [0, 0.05) is 70.2 Å². The number of fused-ring (bicyclic) bond motifs is 2. The number of nitrogens with zero attached hydrogens (tertiary/aromatic N) is 2. The van der Waals surface area contributed by atoms with E-state index in [9.17, 15) is 35.8 Å². The molecule has 64 heavy (non-hydrogen) atoms. The molecule has 0 bridgehead atoms. The van der Waals surface area contributed by atoms with Crippen molar-refractivity contribution in [3.63, 3.8) is 0 Å². The Kier molecular flexibility index (Phi) is 15.8. The van der Waals surface area contributed by atoms with Gasteiger partial charge in [0.05, 0.1) is 33.7 Å². The van der Waals surface area contributed by atoms with E-state index in [1.54, 1.807) is 24.3 Å². The Hall–Kier alpha value is -4.16. The molecule has 0 amide bonds. The van der Waals surface area contributed by atoms with Gasteiger partial charge in [0.2, 0.25) is 5.69 Å². The highest BCUT2D eigenvalue weighted by Crippen LogP contribution is 2.49. The lowest BCUT2D eigenvalue weighted by molar-refractivity contribution is -0.438. The average Bonchev–Trinajstić information content (AvgIpc) is 3.81. The van der Waals surface area contributed by atoms with Gasteiger partial charge in [-0.15, -0.1) is 8.67 Å². The molecule has 0 saturated heterocycles. The predicted molar refractivity (Wildman–Crippen MR) is 244 cm³/mol. The Morgan fingerprint density at radius 2 is 1.61 bits per heavy atom. The molecule has 5 N–H and O–H groups in total. The van der Waals surface area contributed by atoms with Crippen LogP contribution in [0.1, 0.15) is 93.3 Å². The van der Waals surface area contributed by atoms with Crippen molar-refractivity contribution in [1.82, 2.24) is 0 Å². The highest BCUT2D eigenvalue weighted by atomic mass is 32.2. The lowest BCUT2D eigenvalue weighted by Gasteiger charge is -2.27. The van der Waals surface area contributed by atoms with Gasteiger partial charge in [0.15, 0.2) is 5.71 Å². The Labute approximate surface area is 381 Å². The van der Waals surface area contributed by atoms with Crippen LogP contribution in [0.15, 0.2) is 112 Å². The summed E-state index contributed by atoms with van der Waals surface area (Å²) < 4.78 is 78.2.